The quantitative estimate of drug-likeness (QED) is 0.627. The Morgan fingerprint density at radius 3 is 2.65 bits per heavy atom. The second-order valence-corrected chi connectivity index (χ2v) is 4.54. The lowest BCUT2D eigenvalue weighted by atomic mass is 10.0. The molecule has 0 aliphatic rings. The summed E-state index contributed by atoms with van der Waals surface area (Å²) in [6.07, 6.45) is 3.21. The Morgan fingerprint density at radius 2 is 2.00 bits per heavy atom. The number of methoxy groups -OCH3 is 1. The van der Waals surface area contributed by atoms with Gasteiger partial charge in [-0.15, -0.1) is 0 Å². The molecule has 1 heterocycles. The van der Waals surface area contributed by atoms with Crippen LogP contribution in [0.15, 0.2) is 36.7 Å². The van der Waals surface area contributed by atoms with Gasteiger partial charge in [-0.25, -0.2) is 10.4 Å². The van der Waals surface area contributed by atoms with Crippen molar-refractivity contribution in [2.24, 2.45) is 5.84 Å². The molecule has 3 N–H and O–H groups in total. The first kappa shape index (κ1) is 14.2. The first-order valence-electron chi connectivity index (χ1n) is 6.25. The van der Waals surface area contributed by atoms with Gasteiger partial charge in [-0.1, -0.05) is 12.1 Å². The lowest BCUT2D eigenvalue weighted by molar-refractivity contribution is 0.383. The monoisotopic (exact) mass is 273 g/mol. The van der Waals surface area contributed by atoms with Gasteiger partial charge >= 0.3 is 0 Å². The van der Waals surface area contributed by atoms with Crippen LogP contribution in [0, 0.1) is 0 Å². The summed E-state index contributed by atoms with van der Waals surface area (Å²) in [5.74, 6) is 6.16. The number of rotatable bonds is 5. The van der Waals surface area contributed by atoms with E-state index in [0.29, 0.717) is 11.6 Å². The molecule has 1 atom stereocenters. The Hall–Kier alpha value is -2.18. The van der Waals surface area contributed by atoms with Gasteiger partial charge in [0.25, 0.3) is 0 Å². The minimum Gasteiger partial charge on any atom is -0.480 e. The van der Waals surface area contributed by atoms with Crippen molar-refractivity contribution < 1.29 is 4.74 Å². The molecule has 0 bridgehead atoms. The molecule has 6 heteroatoms. The zero-order valence-corrected chi connectivity index (χ0v) is 11.9. The Bertz CT molecular complexity index is 573. The van der Waals surface area contributed by atoms with Crippen LogP contribution in [-0.2, 0) is 0 Å². The van der Waals surface area contributed by atoms with Crippen molar-refractivity contribution in [3.63, 3.8) is 0 Å². The number of hydrazine groups is 1. The fourth-order valence-electron chi connectivity index (χ4n) is 2.01. The number of benzene rings is 1. The lowest BCUT2D eigenvalue weighted by Crippen LogP contribution is -2.30. The van der Waals surface area contributed by atoms with Gasteiger partial charge < -0.3 is 9.64 Å². The second kappa shape index (κ2) is 6.31. The molecule has 20 heavy (non-hydrogen) atoms. The smallest absolute Gasteiger partial charge is 0.237 e. The number of aromatic nitrogens is 2. The zero-order valence-electron chi connectivity index (χ0n) is 11.9. The third-order valence-corrected chi connectivity index (χ3v) is 3.04. The highest BCUT2D eigenvalue weighted by atomic mass is 16.5. The van der Waals surface area contributed by atoms with Crippen molar-refractivity contribution in [1.82, 2.24) is 15.4 Å². The molecule has 6 nitrogen and oxygen atoms in total. The maximum Gasteiger partial charge on any atom is 0.237 e. The van der Waals surface area contributed by atoms with E-state index in [1.165, 1.54) is 0 Å². The van der Waals surface area contributed by atoms with E-state index in [4.69, 9.17) is 10.6 Å². The topological polar surface area (TPSA) is 76.3 Å². The fourth-order valence-corrected chi connectivity index (χ4v) is 2.01. The van der Waals surface area contributed by atoms with Gasteiger partial charge in [-0.2, -0.15) is 0 Å². The van der Waals surface area contributed by atoms with E-state index in [2.05, 4.69) is 21.5 Å². The normalized spacial score (nSPS) is 12.0. The van der Waals surface area contributed by atoms with Gasteiger partial charge in [-0.3, -0.25) is 10.8 Å². The van der Waals surface area contributed by atoms with Crippen molar-refractivity contribution in [3.05, 3.63) is 47.9 Å². The first-order chi connectivity index (χ1) is 9.67. The summed E-state index contributed by atoms with van der Waals surface area (Å²) in [5.41, 5.74) is 5.52. The number of anilines is 1. The van der Waals surface area contributed by atoms with Crippen molar-refractivity contribution in [3.8, 4) is 5.88 Å². The number of nitrogens with two attached hydrogens (primary N) is 1. The van der Waals surface area contributed by atoms with Crippen LogP contribution in [0.3, 0.4) is 0 Å². The van der Waals surface area contributed by atoms with E-state index >= 15 is 0 Å². The van der Waals surface area contributed by atoms with Crippen molar-refractivity contribution in [1.29, 1.82) is 0 Å². The maximum absolute atomic E-state index is 5.70. The van der Waals surface area contributed by atoms with Crippen LogP contribution in [0.5, 0.6) is 5.88 Å². The van der Waals surface area contributed by atoms with Crippen LogP contribution in [0.1, 0.15) is 17.3 Å². The van der Waals surface area contributed by atoms with Crippen molar-refractivity contribution in [2.75, 3.05) is 26.1 Å². The van der Waals surface area contributed by atoms with Crippen LogP contribution in [0.2, 0.25) is 0 Å². The van der Waals surface area contributed by atoms with Crippen LogP contribution in [0.4, 0.5) is 5.69 Å². The molecular formula is C14H19N5O. The van der Waals surface area contributed by atoms with Crippen molar-refractivity contribution in [2.45, 2.75) is 6.04 Å². The minimum atomic E-state index is -0.279. The molecule has 0 aliphatic heterocycles. The molecule has 0 amide bonds. The number of nitrogens with zero attached hydrogens (tertiary/aromatic N) is 3. The minimum absolute atomic E-state index is 0.279. The molecule has 0 fully saturated rings. The zero-order chi connectivity index (χ0) is 14.5. The van der Waals surface area contributed by atoms with E-state index < -0.39 is 0 Å². The van der Waals surface area contributed by atoms with Crippen LogP contribution in [0.25, 0.3) is 0 Å². The highest BCUT2D eigenvalue weighted by Crippen LogP contribution is 2.27. The summed E-state index contributed by atoms with van der Waals surface area (Å²) in [4.78, 5) is 10.5. The summed E-state index contributed by atoms with van der Waals surface area (Å²) in [7, 11) is 5.55. The average molecular weight is 273 g/mol. The molecule has 0 aliphatic carbocycles. The van der Waals surface area contributed by atoms with E-state index in [-0.39, 0.29) is 6.04 Å². The first-order valence-corrected chi connectivity index (χ1v) is 6.25. The standard InChI is InChI=1S/C14H19N5O/c1-19(2)11-6-4-5-10(9-11)12(18-15)13-14(20-3)17-8-7-16-13/h4-9,12,18H,15H2,1-3H3. The van der Waals surface area contributed by atoms with Crippen molar-refractivity contribution >= 4 is 5.69 Å². The third kappa shape index (κ3) is 2.87. The predicted octanol–water partition coefficient (Wildman–Crippen LogP) is 1.10. The molecule has 1 unspecified atom stereocenters. The number of hydrogen-bond donors (Lipinski definition) is 2. The maximum atomic E-state index is 5.70. The van der Waals surface area contributed by atoms with Gasteiger partial charge in [0, 0.05) is 32.2 Å². The average Bonchev–Trinajstić information content (AvgIpc) is 2.49. The second-order valence-electron chi connectivity index (χ2n) is 4.54. The summed E-state index contributed by atoms with van der Waals surface area (Å²) >= 11 is 0. The van der Waals surface area contributed by atoms with Gasteiger partial charge in [0.05, 0.1) is 13.2 Å². The molecule has 0 saturated heterocycles. The molecule has 0 saturated carbocycles. The van der Waals surface area contributed by atoms with Gasteiger partial charge in [0.1, 0.15) is 5.69 Å². The van der Waals surface area contributed by atoms with E-state index in [9.17, 15) is 0 Å². The molecule has 2 rings (SSSR count). The summed E-state index contributed by atoms with van der Waals surface area (Å²) in [6.45, 7) is 0. The van der Waals surface area contributed by atoms with Crippen LogP contribution >= 0.6 is 0 Å². The SMILES string of the molecule is COc1nccnc1C(NN)c1cccc(N(C)C)c1. The van der Waals surface area contributed by atoms with Gasteiger partial charge in [0.2, 0.25) is 5.88 Å². The highest BCUT2D eigenvalue weighted by Gasteiger charge is 2.19. The Labute approximate surface area is 118 Å². The highest BCUT2D eigenvalue weighted by molar-refractivity contribution is 5.49. The fraction of sp³-hybridized carbons (Fsp3) is 0.286. The summed E-state index contributed by atoms with van der Waals surface area (Å²) in [6, 6.07) is 7.78. The molecule has 2 aromatic rings. The third-order valence-electron chi connectivity index (χ3n) is 3.04. The summed E-state index contributed by atoms with van der Waals surface area (Å²) < 4.78 is 5.25. The molecule has 1 aromatic heterocycles. The molecule has 106 valence electrons. The van der Waals surface area contributed by atoms with E-state index in [0.717, 1.165) is 11.3 Å². The van der Waals surface area contributed by atoms with E-state index in [1.54, 1.807) is 19.5 Å². The Balaban J connectivity index is 2.44. The Morgan fingerprint density at radius 1 is 1.25 bits per heavy atom. The van der Waals surface area contributed by atoms with Gasteiger partial charge in [-0.05, 0) is 17.7 Å². The Kier molecular flexibility index (Phi) is 4.49. The number of ether oxygens (including phenoxy) is 1. The van der Waals surface area contributed by atoms with E-state index in [1.807, 2.05) is 37.2 Å². The van der Waals surface area contributed by atoms with Gasteiger partial charge in [0.15, 0.2) is 0 Å². The number of nitrogens with one attached hydrogen (secondary N) is 1. The molecule has 0 radical (unpaired) electrons. The predicted molar refractivity (Wildman–Crippen MR) is 78.5 cm³/mol. The lowest BCUT2D eigenvalue weighted by Gasteiger charge is -2.20. The van der Waals surface area contributed by atoms with Crippen LogP contribution < -0.4 is 20.9 Å². The largest absolute Gasteiger partial charge is 0.480 e. The summed E-state index contributed by atoms with van der Waals surface area (Å²) in [5, 5.41) is 0. The molecule has 1 aromatic carbocycles. The number of hydrogen-bond acceptors (Lipinski definition) is 6. The van der Waals surface area contributed by atoms with Crippen LogP contribution in [-0.4, -0.2) is 31.2 Å². The molecular weight excluding hydrogens is 254 g/mol. The molecule has 0 spiro atoms.